The Morgan fingerprint density at radius 2 is 1.45 bits per heavy atom. The van der Waals surface area contributed by atoms with E-state index in [0.717, 1.165) is 17.9 Å². The number of unbranched alkanes of at least 4 members (excludes halogenated alkanes) is 1. The Labute approximate surface area is 127 Å². The summed E-state index contributed by atoms with van der Waals surface area (Å²) in [5.41, 5.74) is 2.57. The Morgan fingerprint density at radius 1 is 0.950 bits per heavy atom. The van der Waals surface area contributed by atoms with Crippen LogP contribution >= 0.6 is 11.6 Å². The van der Waals surface area contributed by atoms with Gasteiger partial charge in [-0.05, 0) is 24.0 Å². The van der Waals surface area contributed by atoms with Crippen LogP contribution < -0.4 is 0 Å². The van der Waals surface area contributed by atoms with Crippen molar-refractivity contribution in [2.75, 3.05) is 0 Å². The van der Waals surface area contributed by atoms with Crippen molar-refractivity contribution in [1.82, 2.24) is 0 Å². The molecule has 0 atom stereocenters. The van der Waals surface area contributed by atoms with Crippen LogP contribution in [0.5, 0.6) is 0 Å². The number of hydrogen-bond donors (Lipinski definition) is 0. The molecule has 0 N–H and O–H groups in total. The molecule has 104 valence electrons. The minimum Gasteiger partial charge on any atom is -0.0895 e. The third-order valence-corrected chi connectivity index (χ3v) is 3.75. The van der Waals surface area contributed by atoms with Crippen molar-refractivity contribution in [2.24, 2.45) is 0 Å². The van der Waals surface area contributed by atoms with Gasteiger partial charge < -0.3 is 0 Å². The molecule has 20 heavy (non-hydrogen) atoms. The molecule has 0 nitrogen and oxygen atoms in total. The molecule has 0 aliphatic rings. The Morgan fingerprint density at radius 3 is 1.90 bits per heavy atom. The zero-order valence-corrected chi connectivity index (χ0v) is 12.7. The topological polar surface area (TPSA) is 0 Å². The summed E-state index contributed by atoms with van der Waals surface area (Å²) in [4.78, 5) is 0. The van der Waals surface area contributed by atoms with Crippen LogP contribution in [0.1, 0.15) is 43.2 Å². The van der Waals surface area contributed by atoms with E-state index in [9.17, 15) is 0 Å². The van der Waals surface area contributed by atoms with Crippen LogP contribution in [0.25, 0.3) is 0 Å². The standard InChI is InChI=1S/C19H21Cl/c1-2-3-14-18(20)15-19(16-10-6-4-7-11-16)17-12-8-5-9-13-17/h4-13,15,19H,2-3,14H2,1H3. The highest BCUT2D eigenvalue weighted by Crippen LogP contribution is 2.29. The molecule has 0 unspecified atom stereocenters. The summed E-state index contributed by atoms with van der Waals surface area (Å²) in [5, 5.41) is 0.963. The summed E-state index contributed by atoms with van der Waals surface area (Å²) in [6.45, 7) is 2.19. The van der Waals surface area contributed by atoms with Crippen molar-refractivity contribution in [3.63, 3.8) is 0 Å². The molecular weight excluding hydrogens is 264 g/mol. The molecule has 2 aromatic carbocycles. The van der Waals surface area contributed by atoms with E-state index in [1.807, 2.05) is 12.1 Å². The van der Waals surface area contributed by atoms with Crippen molar-refractivity contribution in [3.05, 3.63) is 82.9 Å². The van der Waals surface area contributed by atoms with Gasteiger partial charge >= 0.3 is 0 Å². The molecule has 0 amide bonds. The Balaban J connectivity index is 2.30. The van der Waals surface area contributed by atoms with E-state index >= 15 is 0 Å². The fourth-order valence-corrected chi connectivity index (χ4v) is 2.58. The van der Waals surface area contributed by atoms with E-state index in [-0.39, 0.29) is 5.92 Å². The summed E-state index contributed by atoms with van der Waals surface area (Å²) >= 11 is 6.42. The molecule has 0 radical (unpaired) electrons. The second-order valence-electron chi connectivity index (χ2n) is 5.02. The molecule has 0 saturated heterocycles. The highest BCUT2D eigenvalue weighted by atomic mass is 35.5. The third-order valence-electron chi connectivity index (χ3n) is 3.43. The maximum atomic E-state index is 6.42. The summed E-state index contributed by atoms with van der Waals surface area (Å²) in [7, 11) is 0. The van der Waals surface area contributed by atoms with E-state index in [1.165, 1.54) is 17.5 Å². The van der Waals surface area contributed by atoms with Crippen LogP contribution in [0.15, 0.2) is 71.8 Å². The van der Waals surface area contributed by atoms with Crippen LogP contribution in [-0.2, 0) is 0 Å². The Bertz CT molecular complexity index is 489. The normalized spacial score (nSPS) is 11.8. The van der Waals surface area contributed by atoms with Gasteiger partial charge in [0.25, 0.3) is 0 Å². The zero-order chi connectivity index (χ0) is 14.2. The average molecular weight is 285 g/mol. The van der Waals surface area contributed by atoms with Crippen molar-refractivity contribution in [1.29, 1.82) is 0 Å². The van der Waals surface area contributed by atoms with Crippen LogP contribution in [0, 0.1) is 0 Å². The number of halogens is 1. The maximum absolute atomic E-state index is 6.42. The molecule has 0 spiro atoms. The lowest BCUT2D eigenvalue weighted by Crippen LogP contribution is -1.98. The molecule has 2 aromatic rings. The molecule has 0 bridgehead atoms. The maximum Gasteiger partial charge on any atom is 0.0283 e. The van der Waals surface area contributed by atoms with Gasteiger partial charge in [-0.3, -0.25) is 0 Å². The van der Waals surface area contributed by atoms with Crippen LogP contribution in [0.4, 0.5) is 0 Å². The summed E-state index contributed by atoms with van der Waals surface area (Å²) in [6.07, 6.45) is 5.48. The molecule has 0 fully saturated rings. The summed E-state index contributed by atoms with van der Waals surface area (Å²) in [6, 6.07) is 21.1. The van der Waals surface area contributed by atoms with E-state index in [4.69, 9.17) is 11.6 Å². The van der Waals surface area contributed by atoms with E-state index < -0.39 is 0 Å². The molecule has 0 heterocycles. The second kappa shape index (κ2) is 7.91. The quantitative estimate of drug-likeness (QED) is 0.598. The SMILES string of the molecule is CCCCC(Cl)=CC(c1ccccc1)c1ccccc1. The molecule has 0 saturated carbocycles. The number of hydrogen-bond acceptors (Lipinski definition) is 0. The van der Waals surface area contributed by atoms with Gasteiger partial charge in [-0.25, -0.2) is 0 Å². The monoisotopic (exact) mass is 284 g/mol. The predicted molar refractivity (Wildman–Crippen MR) is 88.2 cm³/mol. The van der Waals surface area contributed by atoms with Gasteiger partial charge in [-0.15, -0.1) is 0 Å². The van der Waals surface area contributed by atoms with Gasteiger partial charge in [-0.1, -0.05) is 91.7 Å². The highest BCUT2D eigenvalue weighted by Gasteiger charge is 2.11. The average Bonchev–Trinajstić information content (AvgIpc) is 2.52. The van der Waals surface area contributed by atoms with Gasteiger partial charge in [0.2, 0.25) is 0 Å². The summed E-state index contributed by atoms with van der Waals surface area (Å²) in [5.74, 6) is 0.238. The molecule has 0 aliphatic carbocycles. The minimum atomic E-state index is 0.238. The number of rotatable bonds is 6. The van der Waals surface area contributed by atoms with Gasteiger partial charge in [0, 0.05) is 11.0 Å². The second-order valence-corrected chi connectivity index (χ2v) is 5.50. The van der Waals surface area contributed by atoms with Gasteiger partial charge in [0.05, 0.1) is 0 Å². The lowest BCUT2D eigenvalue weighted by Gasteiger charge is -2.15. The lowest BCUT2D eigenvalue weighted by molar-refractivity contribution is 0.802. The van der Waals surface area contributed by atoms with Crippen LogP contribution in [0.2, 0.25) is 0 Å². The highest BCUT2D eigenvalue weighted by molar-refractivity contribution is 6.29. The predicted octanol–water partition coefficient (Wildman–Crippen LogP) is 6.13. The smallest absolute Gasteiger partial charge is 0.0283 e. The molecule has 0 aliphatic heterocycles. The fraction of sp³-hybridized carbons (Fsp3) is 0.263. The minimum absolute atomic E-state index is 0.238. The summed E-state index contributed by atoms with van der Waals surface area (Å²) < 4.78 is 0. The first kappa shape index (κ1) is 14.9. The number of benzene rings is 2. The van der Waals surface area contributed by atoms with Crippen molar-refractivity contribution in [2.45, 2.75) is 32.1 Å². The lowest BCUT2D eigenvalue weighted by atomic mass is 9.90. The number of allylic oxidation sites excluding steroid dienone is 2. The van der Waals surface area contributed by atoms with Crippen molar-refractivity contribution >= 4 is 11.6 Å². The molecule has 0 aromatic heterocycles. The largest absolute Gasteiger partial charge is 0.0895 e. The van der Waals surface area contributed by atoms with E-state index in [1.54, 1.807) is 0 Å². The van der Waals surface area contributed by atoms with E-state index in [0.29, 0.717) is 0 Å². The Hall–Kier alpha value is -1.53. The third kappa shape index (κ3) is 4.25. The van der Waals surface area contributed by atoms with Crippen LogP contribution in [0.3, 0.4) is 0 Å². The first-order chi connectivity index (χ1) is 9.81. The zero-order valence-electron chi connectivity index (χ0n) is 11.9. The van der Waals surface area contributed by atoms with Gasteiger partial charge in [0.15, 0.2) is 0 Å². The Kier molecular flexibility index (Phi) is 5.88. The van der Waals surface area contributed by atoms with Crippen LogP contribution in [-0.4, -0.2) is 0 Å². The molecule has 2 rings (SSSR count). The van der Waals surface area contributed by atoms with Crippen molar-refractivity contribution in [3.8, 4) is 0 Å². The fourth-order valence-electron chi connectivity index (χ4n) is 2.32. The van der Waals surface area contributed by atoms with E-state index in [2.05, 4.69) is 61.5 Å². The first-order valence-electron chi connectivity index (χ1n) is 7.27. The van der Waals surface area contributed by atoms with Crippen molar-refractivity contribution < 1.29 is 0 Å². The molecule has 1 heteroatoms. The molecular formula is C19H21Cl. The first-order valence-corrected chi connectivity index (χ1v) is 7.65. The van der Waals surface area contributed by atoms with Gasteiger partial charge in [0.1, 0.15) is 0 Å². The van der Waals surface area contributed by atoms with Gasteiger partial charge in [-0.2, -0.15) is 0 Å².